The van der Waals surface area contributed by atoms with E-state index >= 15 is 0 Å². The molecule has 0 radical (unpaired) electrons. The highest BCUT2D eigenvalue weighted by Crippen LogP contribution is 1.98. The highest BCUT2D eigenvalue weighted by atomic mass is 14.9. The normalized spacial score (nSPS) is 11.7. The van der Waals surface area contributed by atoms with Crippen LogP contribution in [-0.2, 0) is 0 Å². The first-order chi connectivity index (χ1) is 5.77. The first-order valence-electron chi connectivity index (χ1n) is 5.15. The molecule has 0 aliphatic carbocycles. The Labute approximate surface area is 77.2 Å². The van der Waals surface area contributed by atoms with Crippen LogP contribution >= 0.6 is 0 Å². The van der Waals surface area contributed by atoms with E-state index in [1.54, 1.807) is 0 Å². The molecular formula is C11H23N. The summed E-state index contributed by atoms with van der Waals surface area (Å²) in [5.41, 5.74) is 0. The lowest BCUT2D eigenvalue weighted by Gasteiger charge is -2.03. The molecule has 0 saturated heterocycles. The Bertz CT molecular complexity index is 106. The maximum atomic E-state index is 3.35. The SMILES string of the molecule is CCCCC/C=C/CNC(C)C. The molecule has 0 heterocycles. The molecule has 0 atom stereocenters. The van der Waals surface area contributed by atoms with E-state index in [0.29, 0.717) is 6.04 Å². The minimum Gasteiger partial charge on any atom is -0.311 e. The van der Waals surface area contributed by atoms with Crippen molar-refractivity contribution in [2.75, 3.05) is 6.54 Å². The predicted octanol–water partition coefficient (Wildman–Crippen LogP) is 3.12. The lowest BCUT2D eigenvalue weighted by Crippen LogP contribution is -2.22. The van der Waals surface area contributed by atoms with Crippen molar-refractivity contribution in [3.05, 3.63) is 12.2 Å². The Balaban J connectivity index is 3.04. The molecule has 0 aromatic heterocycles. The van der Waals surface area contributed by atoms with Crippen molar-refractivity contribution in [3.8, 4) is 0 Å². The smallest absolute Gasteiger partial charge is 0.0137 e. The number of unbranched alkanes of at least 4 members (excludes halogenated alkanes) is 3. The molecule has 0 aliphatic heterocycles. The van der Waals surface area contributed by atoms with E-state index in [9.17, 15) is 0 Å². The zero-order valence-corrected chi connectivity index (χ0v) is 8.77. The number of allylic oxidation sites excluding steroid dienone is 1. The lowest BCUT2D eigenvalue weighted by molar-refractivity contribution is 0.631. The molecule has 1 nitrogen and oxygen atoms in total. The van der Waals surface area contributed by atoms with E-state index in [0.717, 1.165) is 6.54 Å². The maximum Gasteiger partial charge on any atom is 0.0137 e. The van der Waals surface area contributed by atoms with Crippen LogP contribution in [0.2, 0.25) is 0 Å². The standard InChI is InChI=1S/C11H23N/c1-4-5-6-7-8-9-10-12-11(2)3/h8-9,11-12H,4-7,10H2,1-3H3/b9-8+. The molecule has 0 spiro atoms. The van der Waals surface area contributed by atoms with Gasteiger partial charge in [-0.15, -0.1) is 0 Å². The van der Waals surface area contributed by atoms with Crippen LogP contribution in [0.15, 0.2) is 12.2 Å². The second kappa shape index (κ2) is 8.79. The van der Waals surface area contributed by atoms with Crippen LogP contribution in [-0.4, -0.2) is 12.6 Å². The van der Waals surface area contributed by atoms with Gasteiger partial charge in [-0.05, 0) is 12.8 Å². The molecule has 0 unspecified atom stereocenters. The molecule has 12 heavy (non-hydrogen) atoms. The quantitative estimate of drug-likeness (QED) is 0.456. The largest absolute Gasteiger partial charge is 0.311 e. The van der Waals surface area contributed by atoms with E-state index in [1.807, 2.05) is 0 Å². The van der Waals surface area contributed by atoms with Gasteiger partial charge in [-0.1, -0.05) is 45.8 Å². The fourth-order valence-corrected chi connectivity index (χ4v) is 1.02. The second-order valence-corrected chi connectivity index (χ2v) is 3.53. The van der Waals surface area contributed by atoms with Gasteiger partial charge in [0, 0.05) is 12.6 Å². The van der Waals surface area contributed by atoms with Crippen molar-refractivity contribution in [1.82, 2.24) is 5.32 Å². The molecular weight excluding hydrogens is 146 g/mol. The van der Waals surface area contributed by atoms with Gasteiger partial charge in [-0.25, -0.2) is 0 Å². The molecule has 1 heteroatoms. The second-order valence-electron chi connectivity index (χ2n) is 3.53. The van der Waals surface area contributed by atoms with Crippen LogP contribution in [0, 0.1) is 0 Å². The summed E-state index contributed by atoms with van der Waals surface area (Å²) < 4.78 is 0. The van der Waals surface area contributed by atoms with Crippen LogP contribution in [0.25, 0.3) is 0 Å². The molecule has 0 bridgehead atoms. The third-order valence-electron chi connectivity index (χ3n) is 1.78. The molecule has 1 N–H and O–H groups in total. The van der Waals surface area contributed by atoms with E-state index < -0.39 is 0 Å². The third kappa shape index (κ3) is 9.70. The van der Waals surface area contributed by atoms with Crippen molar-refractivity contribution in [3.63, 3.8) is 0 Å². The monoisotopic (exact) mass is 169 g/mol. The highest BCUT2D eigenvalue weighted by molar-refractivity contribution is 4.83. The molecule has 0 saturated carbocycles. The molecule has 72 valence electrons. The van der Waals surface area contributed by atoms with Crippen molar-refractivity contribution in [2.24, 2.45) is 0 Å². The Morgan fingerprint density at radius 3 is 2.50 bits per heavy atom. The summed E-state index contributed by atoms with van der Waals surface area (Å²) in [5, 5.41) is 3.35. The molecule has 0 amide bonds. The maximum absolute atomic E-state index is 3.35. The van der Waals surface area contributed by atoms with Crippen LogP contribution < -0.4 is 5.32 Å². The Morgan fingerprint density at radius 1 is 1.17 bits per heavy atom. The zero-order valence-electron chi connectivity index (χ0n) is 8.77. The topological polar surface area (TPSA) is 12.0 Å². The van der Waals surface area contributed by atoms with Crippen LogP contribution in [0.3, 0.4) is 0 Å². The van der Waals surface area contributed by atoms with Crippen molar-refractivity contribution < 1.29 is 0 Å². The van der Waals surface area contributed by atoms with E-state index in [1.165, 1.54) is 25.7 Å². The molecule has 0 aromatic rings. The van der Waals surface area contributed by atoms with Crippen LogP contribution in [0.4, 0.5) is 0 Å². The average molecular weight is 169 g/mol. The van der Waals surface area contributed by atoms with Gasteiger partial charge in [-0.2, -0.15) is 0 Å². The molecule has 0 rings (SSSR count). The first kappa shape index (κ1) is 11.7. The lowest BCUT2D eigenvalue weighted by atomic mass is 10.2. The van der Waals surface area contributed by atoms with Crippen molar-refractivity contribution >= 4 is 0 Å². The predicted molar refractivity (Wildman–Crippen MR) is 56.4 cm³/mol. The fraction of sp³-hybridized carbons (Fsp3) is 0.818. The van der Waals surface area contributed by atoms with Gasteiger partial charge in [0.25, 0.3) is 0 Å². The van der Waals surface area contributed by atoms with Gasteiger partial charge in [-0.3, -0.25) is 0 Å². The number of rotatable bonds is 7. The Kier molecular flexibility index (Phi) is 8.57. The third-order valence-corrected chi connectivity index (χ3v) is 1.78. The summed E-state index contributed by atoms with van der Waals surface area (Å²) in [4.78, 5) is 0. The van der Waals surface area contributed by atoms with Gasteiger partial charge < -0.3 is 5.32 Å². The van der Waals surface area contributed by atoms with Crippen LogP contribution in [0.1, 0.15) is 46.5 Å². The minimum absolute atomic E-state index is 0.602. The fourth-order valence-electron chi connectivity index (χ4n) is 1.02. The summed E-state index contributed by atoms with van der Waals surface area (Å²) in [6.07, 6.45) is 9.78. The first-order valence-corrected chi connectivity index (χ1v) is 5.15. The van der Waals surface area contributed by atoms with Crippen LogP contribution in [0.5, 0.6) is 0 Å². The summed E-state index contributed by atoms with van der Waals surface area (Å²) >= 11 is 0. The molecule has 0 aliphatic rings. The highest BCUT2D eigenvalue weighted by Gasteiger charge is 1.86. The Morgan fingerprint density at radius 2 is 1.92 bits per heavy atom. The molecule has 0 fully saturated rings. The van der Waals surface area contributed by atoms with E-state index in [-0.39, 0.29) is 0 Å². The van der Waals surface area contributed by atoms with E-state index in [2.05, 4.69) is 38.2 Å². The van der Waals surface area contributed by atoms with Gasteiger partial charge in [0.05, 0.1) is 0 Å². The number of nitrogens with one attached hydrogen (secondary N) is 1. The van der Waals surface area contributed by atoms with Gasteiger partial charge in [0.2, 0.25) is 0 Å². The average Bonchev–Trinajstić information content (AvgIpc) is 2.02. The van der Waals surface area contributed by atoms with Crippen molar-refractivity contribution in [1.29, 1.82) is 0 Å². The number of hydrogen-bond acceptors (Lipinski definition) is 1. The summed E-state index contributed by atoms with van der Waals surface area (Å²) in [6.45, 7) is 7.60. The minimum atomic E-state index is 0.602. The van der Waals surface area contributed by atoms with Gasteiger partial charge in [0.1, 0.15) is 0 Å². The Hall–Kier alpha value is -0.300. The van der Waals surface area contributed by atoms with Gasteiger partial charge >= 0.3 is 0 Å². The van der Waals surface area contributed by atoms with Gasteiger partial charge in [0.15, 0.2) is 0 Å². The zero-order chi connectivity index (χ0) is 9.23. The van der Waals surface area contributed by atoms with E-state index in [4.69, 9.17) is 0 Å². The molecule has 0 aromatic carbocycles. The summed E-state index contributed by atoms with van der Waals surface area (Å²) in [7, 11) is 0. The summed E-state index contributed by atoms with van der Waals surface area (Å²) in [5.74, 6) is 0. The summed E-state index contributed by atoms with van der Waals surface area (Å²) in [6, 6.07) is 0.602. The number of hydrogen-bond donors (Lipinski definition) is 1. The van der Waals surface area contributed by atoms with Crippen molar-refractivity contribution in [2.45, 2.75) is 52.5 Å².